The van der Waals surface area contributed by atoms with Gasteiger partial charge >= 0.3 is 0 Å². The van der Waals surface area contributed by atoms with E-state index in [9.17, 15) is 4.79 Å². The molecule has 118 valence electrons. The number of nitrogens with zero attached hydrogens (tertiary/aromatic N) is 1. The number of hydrogen-bond donors (Lipinski definition) is 2. The Hall–Kier alpha value is -0.610. The summed E-state index contributed by atoms with van der Waals surface area (Å²) in [5.41, 5.74) is 0. The second kappa shape index (κ2) is 8.63. The monoisotopic (exact) mass is 283 g/mol. The lowest BCUT2D eigenvalue weighted by atomic mass is 9.89. The summed E-state index contributed by atoms with van der Waals surface area (Å²) >= 11 is 0. The highest BCUT2D eigenvalue weighted by atomic mass is 16.2. The second-order valence-corrected chi connectivity index (χ2v) is 6.11. The third kappa shape index (κ3) is 4.74. The van der Waals surface area contributed by atoms with E-state index in [0.29, 0.717) is 12.0 Å². The van der Waals surface area contributed by atoms with E-state index in [1.807, 2.05) is 6.92 Å². The Labute approximate surface area is 124 Å². The van der Waals surface area contributed by atoms with Crippen molar-refractivity contribution in [3.8, 4) is 0 Å². The first kappa shape index (κ1) is 17.4. The molecule has 0 aromatic carbocycles. The molecule has 4 atom stereocenters. The molecule has 20 heavy (non-hydrogen) atoms. The van der Waals surface area contributed by atoms with Crippen molar-refractivity contribution in [1.29, 1.82) is 0 Å². The third-order valence-corrected chi connectivity index (χ3v) is 4.68. The molecule has 1 heterocycles. The number of nitrogens with one attached hydrogen (secondary N) is 2. The van der Waals surface area contributed by atoms with Gasteiger partial charge in [-0.1, -0.05) is 27.2 Å². The van der Waals surface area contributed by atoms with Crippen LogP contribution < -0.4 is 10.6 Å². The Morgan fingerprint density at radius 2 is 2.00 bits per heavy atom. The van der Waals surface area contributed by atoms with Gasteiger partial charge in [-0.05, 0) is 39.2 Å². The van der Waals surface area contributed by atoms with Gasteiger partial charge in [0.15, 0.2) is 0 Å². The largest absolute Gasteiger partial charge is 0.352 e. The van der Waals surface area contributed by atoms with E-state index in [4.69, 9.17) is 0 Å². The van der Waals surface area contributed by atoms with Gasteiger partial charge in [-0.2, -0.15) is 0 Å². The summed E-state index contributed by atoms with van der Waals surface area (Å²) in [6.45, 7) is 13.7. The van der Waals surface area contributed by atoms with Crippen LogP contribution >= 0.6 is 0 Å². The highest BCUT2D eigenvalue weighted by Gasteiger charge is 2.32. The molecular weight excluding hydrogens is 250 g/mol. The lowest BCUT2D eigenvalue weighted by Crippen LogP contribution is -2.55. The van der Waals surface area contributed by atoms with Crippen LogP contribution in [-0.4, -0.2) is 48.6 Å². The molecule has 0 aromatic rings. The van der Waals surface area contributed by atoms with Crippen molar-refractivity contribution < 1.29 is 4.79 Å². The summed E-state index contributed by atoms with van der Waals surface area (Å²) in [5, 5.41) is 6.69. The molecule has 1 rings (SSSR count). The van der Waals surface area contributed by atoms with Crippen LogP contribution in [0.1, 0.15) is 53.9 Å². The quantitative estimate of drug-likeness (QED) is 0.751. The summed E-state index contributed by atoms with van der Waals surface area (Å²) in [7, 11) is 0. The average molecular weight is 283 g/mol. The normalized spacial score (nSPS) is 27.1. The first-order chi connectivity index (χ1) is 9.53. The second-order valence-electron chi connectivity index (χ2n) is 6.11. The van der Waals surface area contributed by atoms with Gasteiger partial charge in [-0.3, -0.25) is 9.69 Å². The van der Waals surface area contributed by atoms with Gasteiger partial charge < -0.3 is 10.6 Å². The molecule has 4 nitrogen and oxygen atoms in total. The van der Waals surface area contributed by atoms with E-state index < -0.39 is 0 Å². The number of carbonyl (C=O) groups excluding carboxylic acids is 1. The molecule has 4 unspecified atom stereocenters. The van der Waals surface area contributed by atoms with Crippen molar-refractivity contribution in [2.24, 2.45) is 5.92 Å². The Bertz CT molecular complexity index is 295. The van der Waals surface area contributed by atoms with Crippen molar-refractivity contribution in [2.45, 2.75) is 72.0 Å². The van der Waals surface area contributed by atoms with Crippen LogP contribution in [0.25, 0.3) is 0 Å². The van der Waals surface area contributed by atoms with Crippen molar-refractivity contribution in [3.05, 3.63) is 0 Å². The number of amides is 1. The van der Waals surface area contributed by atoms with Crippen molar-refractivity contribution in [2.75, 3.05) is 19.6 Å². The zero-order chi connectivity index (χ0) is 15.1. The van der Waals surface area contributed by atoms with Crippen molar-refractivity contribution in [3.63, 3.8) is 0 Å². The Kier molecular flexibility index (Phi) is 7.52. The van der Waals surface area contributed by atoms with Crippen LogP contribution in [0.3, 0.4) is 0 Å². The van der Waals surface area contributed by atoms with E-state index in [1.54, 1.807) is 0 Å². The van der Waals surface area contributed by atoms with Gasteiger partial charge in [-0.15, -0.1) is 0 Å². The van der Waals surface area contributed by atoms with Gasteiger partial charge in [0.1, 0.15) is 0 Å². The topological polar surface area (TPSA) is 44.4 Å². The van der Waals surface area contributed by atoms with Crippen molar-refractivity contribution in [1.82, 2.24) is 15.5 Å². The molecule has 1 amide bonds. The number of hydrogen-bond acceptors (Lipinski definition) is 3. The third-order valence-electron chi connectivity index (χ3n) is 4.68. The Morgan fingerprint density at radius 1 is 1.30 bits per heavy atom. The van der Waals surface area contributed by atoms with Crippen LogP contribution in [0.15, 0.2) is 0 Å². The molecule has 1 aliphatic heterocycles. The average Bonchev–Trinajstić information content (AvgIpc) is 2.46. The number of rotatable bonds is 7. The van der Waals surface area contributed by atoms with Crippen LogP contribution in [0.2, 0.25) is 0 Å². The lowest BCUT2D eigenvalue weighted by Gasteiger charge is -2.41. The maximum absolute atomic E-state index is 12.2. The molecule has 0 aromatic heterocycles. The van der Waals surface area contributed by atoms with E-state index in [-0.39, 0.29) is 18.0 Å². The van der Waals surface area contributed by atoms with E-state index in [1.165, 1.54) is 6.42 Å². The van der Waals surface area contributed by atoms with Gasteiger partial charge in [0.2, 0.25) is 5.91 Å². The Balaban J connectivity index is 2.53. The van der Waals surface area contributed by atoms with Crippen LogP contribution in [0.5, 0.6) is 0 Å². The predicted molar refractivity (Wildman–Crippen MR) is 84.8 cm³/mol. The van der Waals surface area contributed by atoms with Gasteiger partial charge in [-0.25, -0.2) is 0 Å². The molecule has 2 N–H and O–H groups in total. The van der Waals surface area contributed by atoms with Crippen LogP contribution in [0.4, 0.5) is 0 Å². The molecule has 0 bridgehead atoms. The molecule has 0 saturated carbocycles. The molecule has 1 fully saturated rings. The molecule has 0 spiro atoms. The molecule has 0 aliphatic carbocycles. The summed E-state index contributed by atoms with van der Waals surface area (Å²) in [6, 6.07) is 0.873. The molecule has 4 heteroatoms. The fourth-order valence-electron chi connectivity index (χ4n) is 2.99. The van der Waals surface area contributed by atoms with Gasteiger partial charge in [0.25, 0.3) is 0 Å². The maximum atomic E-state index is 12.2. The summed E-state index contributed by atoms with van der Waals surface area (Å²) in [5.74, 6) is 0.832. The predicted octanol–water partition coefficient (Wildman–Crippen LogP) is 2.00. The van der Waals surface area contributed by atoms with Crippen LogP contribution in [-0.2, 0) is 4.79 Å². The number of carbonyl (C=O) groups is 1. The maximum Gasteiger partial charge on any atom is 0.237 e. The van der Waals surface area contributed by atoms with E-state index in [0.717, 1.165) is 32.5 Å². The standard InChI is InChI=1S/C16H33N3O/c1-6-12(4)18-16(20)13(5)19-10-9-15(17-8-3)14(7-2)11-19/h12-15,17H,6-11H2,1-5H3,(H,18,20). The lowest BCUT2D eigenvalue weighted by molar-refractivity contribution is -0.127. The SMILES string of the molecule is CCNC1CCN(C(C)C(=O)NC(C)CC)CC1CC. The highest BCUT2D eigenvalue weighted by Crippen LogP contribution is 2.22. The minimum absolute atomic E-state index is 0.0133. The summed E-state index contributed by atoms with van der Waals surface area (Å²) in [4.78, 5) is 14.6. The van der Waals surface area contributed by atoms with Gasteiger partial charge in [0.05, 0.1) is 6.04 Å². The fourth-order valence-corrected chi connectivity index (χ4v) is 2.99. The number of likely N-dealkylation sites (tertiary alicyclic amines) is 1. The molecule has 1 saturated heterocycles. The van der Waals surface area contributed by atoms with Crippen molar-refractivity contribution >= 4 is 5.91 Å². The first-order valence-corrected chi connectivity index (χ1v) is 8.31. The summed E-state index contributed by atoms with van der Waals surface area (Å²) < 4.78 is 0. The minimum Gasteiger partial charge on any atom is -0.352 e. The zero-order valence-corrected chi connectivity index (χ0v) is 13.9. The molecular formula is C16H33N3O. The molecule has 0 radical (unpaired) electrons. The fraction of sp³-hybridized carbons (Fsp3) is 0.938. The smallest absolute Gasteiger partial charge is 0.237 e. The van der Waals surface area contributed by atoms with E-state index in [2.05, 4.69) is 43.2 Å². The minimum atomic E-state index is -0.0133. The zero-order valence-electron chi connectivity index (χ0n) is 13.9. The number of piperidine rings is 1. The first-order valence-electron chi connectivity index (χ1n) is 8.31. The molecule has 1 aliphatic rings. The van der Waals surface area contributed by atoms with Gasteiger partial charge in [0, 0.05) is 25.2 Å². The highest BCUT2D eigenvalue weighted by molar-refractivity contribution is 5.81. The Morgan fingerprint density at radius 3 is 2.55 bits per heavy atom. The van der Waals surface area contributed by atoms with E-state index >= 15 is 0 Å². The van der Waals surface area contributed by atoms with Crippen LogP contribution in [0, 0.1) is 5.92 Å². The summed E-state index contributed by atoms with van der Waals surface area (Å²) in [6.07, 6.45) is 3.31.